The summed E-state index contributed by atoms with van der Waals surface area (Å²) in [5.41, 5.74) is 4.53. The van der Waals surface area contributed by atoms with E-state index in [2.05, 4.69) is 6.58 Å². The van der Waals surface area contributed by atoms with Gasteiger partial charge >= 0.3 is 0 Å². The number of methoxy groups -OCH3 is 1. The van der Waals surface area contributed by atoms with Crippen molar-refractivity contribution in [3.05, 3.63) is 143 Å². The predicted molar refractivity (Wildman–Crippen MR) is 153 cm³/mol. The van der Waals surface area contributed by atoms with Crippen molar-refractivity contribution in [1.82, 2.24) is 0 Å². The summed E-state index contributed by atoms with van der Waals surface area (Å²) in [6, 6.07) is 29.2. The molecule has 0 N–H and O–H groups in total. The van der Waals surface area contributed by atoms with E-state index in [1.54, 1.807) is 37.5 Å². The van der Waals surface area contributed by atoms with E-state index >= 15 is 0 Å². The van der Waals surface area contributed by atoms with Crippen molar-refractivity contribution < 1.29 is 18.7 Å². The van der Waals surface area contributed by atoms with E-state index in [0.29, 0.717) is 40.5 Å². The maximum absolute atomic E-state index is 14.2. The van der Waals surface area contributed by atoms with Gasteiger partial charge in [0, 0.05) is 16.7 Å². The summed E-state index contributed by atoms with van der Waals surface area (Å²) < 4.78 is 25.9. The zero-order valence-corrected chi connectivity index (χ0v) is 21.5. The van der Waals surface area contributed by atoms with E-state index in [1.165, 1.54) is 11.1 Å². The number of hydrogen-bond donors (Lipinski definition) is 0. The van der Waals surface area contributed by atoms with Crippen LogP contribution in [0, 0.1) is 5.82 Å². The Hall–Kier alpha value is -4.97. The lowest BCUT2D eigenvalue weighted by molar-refractivity contribution is -0.114. The molecule has 0 fully saturated rings. The Kier molecular flexibility index (Phi) is 7.64. The third kappa shape index (κ3) is 5.50. The zero-order chi connectivity index (χ0) is 27.2. The summed E-state index contributed by atoms with van der Waals surface area (Å²) in [7, 11) is 1.55. The minimum absolute atomic E-state index is 0.0446. The molecule has 0 spiro atoms. The molecule has 5 rings (SSSR count). The van der Waals surface area contributed by atoms with E-state index in [4.69, 9.17) is 14.6 Å². The van der Waals surface area contributed by atoms with Gasteiger partial charge < -0.3 is 9.47 Å². The first-order valence-electron chi connectivity index (χ1n) is 12.5. The standard InChI is InChI=1S/C33H27FN2O3/c1-3-12-25-19-23(21-30(38-2)32(25)39-22-26-15-10-11-18-29(26)34)20-28-31(24-13-6-4-7-14-24)35-36(33(28)37)27-16-8-5-9-17-27/h3-11,13-21H,1,12,22H2,2H3/b28-20-. The topological polar surface area (TPSA) is 51.1 Å². The van der Waals surface area contributed by atoms with Gasteiger partial charge in [-0.05, 0) is 48.4 Å². The molecule has 1 amide bonds. The van der Waals surface area contributed by atoms with E-state index in [0.717, 1.165) is 16.7 Å². The normalized spacial score (nSPS) is 13.9. The monoisotopic (exact) mass is 518 g/mol. The second-order valence-electron chi connectivity index (χ2n) is 8.91. The molecule has 194 valence electrons. The average Bonchev–Trinajstić information content (AvgIpc) is 3.29. The molecule has 0 unspecified atom stereocenters. The Morgan fingerprint density at radius 3 is 2.31 bits per heavy atom. The molecule has 0 aliphatic carbocycles. The minimum atomic E-state index is -0.335. The van der Waals surface area contributed by atoms with Crippen molar-refractivity contribution in [3.63, 3.8) is 0 Å². The van der Waals surface area contributed by atoms with Gasteiger partial charge in [-0.15, -0.1) is 6.58 Å². The number of para-hydroxylation sites is 1. The van der Waals surface area contributed by atoms with Crippen LogP contribution in [0.15, 0.2) is 120 Å². The summed E-state index contributed by atoms with van der Waals surface area (Å²) in [6.45, 7) is 3.92. The van der Waals surface area contributed by atoms with Crippen molar-refractivity contribution in [3.8, 4) is 11.5 Å². The fraction of sp³-hybridized carbons (Fsp3) is 0.0909. The lowest BCUT2D eigenvalue weighted by atomic mass is 9.98. The molecule has 6 heteroatoms. The molecule has 1 aliphatic heterocycles. The molecule has 0 radical (unpaired) electrons. The fourth-order valence-electron chi connectivity index (χ4n) is 4.42. The van der Waals surface area contributed by atoms with Crippen molar-refractivity contribution in [2.24, 2.45) is 5.10 Å². The summed E-state index contributed by atoms with van der Waals surface area (Å²) in [4.78, 5) is 13.7. The van der Waals surface area contributed by atoms with E-state index < -0.39 is 0 Å². The van der Waals surface area contributed by atoms with Crippen LogP contribution in [0.25, 0.3) is 6.08 Å². The van der Waals surface area contributed by atoms with E-state index in [-0.39, 0.29) is 18.3 Å². The van der Waals surface area contributed by atoms with Crippen LogP contribution < -0.4 is 14.5 Å². The second kappa shape index (κ2) is 11.6. The van der Waals surface area contributed by atoms with Crippen molar-refractivity contribution >= 4 is 23.4 Å². The molecule has 4 aromatic rings. The highest BCUT2D eigenvalue weighted by atomic mass is 19.1. The summed E-state index contributed by atoms with van der Waals surface area (Å²) in [5.74, 6) is 0.409. The van der Waals surface area contributed by atoms with Gasteiger partial charge in [-0.2, -0.15) is 10.1 Å². The number of carbonyl (C=O) groups is 1. The van der Waals surface area contributed by atoms with Gasteiger partial charge in [-0.25, -0.2) is 4.39 Å². The number of carbonyl (C=O) groups excluding carboxylic acids is 1. The van der Waals surface area contributed by atoms with E-state index in [1.807, 2.05) is 72.8 Å². The van der Waals surface area contributed by atoms with Gasteiger partial charge in [0.2, 0.25) is 0 Å². The number of hydrazone groups is 1. The number of rotatable bonds is 9. The third-order valence-corrected chi connectivity index (χ3v) is 6.31. The molecule has 0 atom stereocenters. The average molecular weight is 519 g/mol. The largest absolute Gasteiger partial charge is 0.493 e. The summed E-state index contributed by atoms with van der Waals surface area (Å²) >= 11 is 0. The summed E-state index contributed by atoms with van der Waals surface area (Å²) in [6.07, 6.45) is 4.06. The highest BCUT2D eigenvalue weighted by Gasteiger charge is 2.32. The van der Waals surface area contributed by atoms with Crippen LogP contribution in [0.3, 0.4) is 0 Å². The quantitative estimate of drug-likeness (QED) is 0.178. The van der Waals surface area contributed by atoms with E-state index in [9.17, 15) is 9.18 Å². The van der Waals surface area contributed by atoms with Gasteiger partial charge in [0.05, 0.1) is 18.4 Å². The smallest absolute Gasteiger partial charge is 0.281 e. The van der Waals surface area contributed by atoms with Crippen LogP contribution in [0.5, 0.6) is 11.5 Å². The Labute approximate surface area is 227 Å². The maximum Gasteiger partial charge on any atom is 0.281 e. The van der Waals surface area contributed by atoms with Crippen LogP contribution >= 0.6 is 0 Å². The third-order valence-electron chi connectivity index (χ3n) is 6.31. The number of halogens is 1. The predicted octanol–water partition coefficient (Wildman–Crippen LogP) is 6.98. The SMILES string of the molecule is C=CCc1cc(/C=C2\C(=O)N(c3ccccc3)N=C2c2ccccc2)cc(OC)c1OCc1ccccc1F. The second-order valence-corrected chi connectivity index (χ2v) is 8.91. The number of ether oxygens (including phenoxy) is 2. The van der Waals surface area contributed by atoms with Gasteiger partial charge in [0.25, 0.3) is 5.91 Å². The molecule has 0 saturated heterocycles. The van der Waals surface area contributed by atoms with Crippen LogP contribution in [-0.2, 0) is 17.8 Å². The van der Waals surface area contributed by atoms with Gasteiger partial charge in [0.1, 0.15) is 18.1 Å². The van der Waals surface area contributed by atoms with Crippen LogP contribution in [0.1, 0.15) is 22.3 Å². The number of benzene rings is 4. The van der Waals surface area contributed by atoms with Crippen molar-refractivity contribution in [1.29, 1.82) is 0 Å². The Balaban J connectivity index is 1.56. The summed E-state index contributed by atoms with van der Waals surface area (Å²) in [5, 5.41) is 6.12. The number of anilines is 1. The van der Waals surface area contributed by atoms with Crippen molar-refractivity contribution in [2.45, 2.75) is 13.0 Å². The molecular formula is C33H27FN2O3. The molecule has 4 aromatic carbocycles. The lowest BCUT2D eigenvalue weighted by Gasteiger charge is -2.16. The Bertz CT molecular complexity index is 1560. The van der Waals surface area contributed by atoms with Crippen molar-refractivity contribution in [2.75, 3.05) is 12.1 Å². The maximum atomic E-state index is 14.2. The number of allylic oxidation sites excluding steroid dienone is 1. The van der Waals surface area contributed by atoms with Crippen LogP contribution in [-0.4, -0.2) is 18.7 Å². The number of hydrogen-bond acceptors (Lipinski definition) is 4. The first-order valence-corrected chi connectivity index (χ1v) is 12.5. The fourth-order valence-corrected chi connectivity index (χ4v) is 4.42. The van der Waals surface area contributed by atoms with Gasteiger partial charge in [-0.3, -0.25) is 4.79 Å². The highest BCUT2D eigenvalue weighted by Crippen LogP contribution is 2.36. The number of amides is 1. The van der Waals surface area contributed by atoms with Crippen LogP contribution in [0.4, 0.5) is 10.1 Å². The molecule has 5 nitrogen and oxygen atoms in total. The first-order chi connectivity index (χ1) is 19.1. The number of nitrogens with zero attached hydrogens (tertiary/aromatic N) is 2. The molecule has 1 heterocycles. The molecule has 0 saturated carbocycles. The molecule has 39 heavy (non-hydrogen) atoms. The lowest BCUT2D eigenvalue weighted by Crippen LogP contribution is -2.21. The molecular weight excluding hydrogens is 491 g/mol. The first kappa shape index (κ1) is 25.7. The molecule has 0 bridgehead atoms. The van der Waals surface area contributed by atoms with Gasteiger partial charge in [-0.1, -0.05) is 72.8 Å². The van der Waals surface area contributed by atoms with Crippen LogP contribution in [0.2, 0.25) is 0 Å². The van der Waals surface area contributed by atoms with Gasteiger partial charge in [0.15, 0.2) is 11.5 Å². The highest BCUT2D eigenvalue weighted by molar-refractivity contribution is 6.37. The zero-order valence-electron chi connectivity index (χ0n) is 21.5. The Morgan fingerprint density at radius 1 is 0.923 bits per heavy atom. The molecule has 0 aromatic heterocycles. The molecule has 1 aliphatic rings. The minimum Gasteiger partial charge on any atom is -0.493 e. The Morgan fingerprint density at radius 2 is 1.62 bits per heavy atom.